The van der Waals surface area contributed by atoms with Crippen molar-refractivity contribution in [2.24, 2.45) is 5.18 Å². The highest BCUT2D eigenvalue weighted by Crippen LogP contribution is 2.30. The van der Waals surface area contributed by atoms with E-state index in [1.165, 1.54) is 0 Å². The smallest absolute Gasteiger partial charge is 0.145 e. The van der Waals surface area contributed by atoms with Gasteiger partial charge in [0.15, 0.2) is 0 Å². The molecule has 4 heteroatoms. The second-order valence-corrected chi connectivity index (χ2v) is 4.42. The molecule has 0 spiro atoms. The zero-order chi connectivity index (χ0) is 12.3. The molecule has 0 aliphatic carbocycles. The Bertz CT molecular complexity index is 530. The molecule has 2 aromatic carbocycles. The Kier molecular flexibility index (Phi) is 3.64. The van der Waals surface area contributed by atoms with Gasteiger partial charge in [-0.3, -0.25) is 0 Å². The summed E-state index contributed by atoms with van der Waals surface area (Å²) in [5.41, 5.74) is 0.958. The largest absolute Gasteiger partial charge is 0.205 e. The average molecular weight is 294 g/mol. The third-order valence-corrected chi connectivity index (χ3v) is 3.11. The van der Waals surface area contributed by atoms with Gasteiger partial charge in [0.1, 0.15) is 11.9 Å². The number of nitroso groups, excluding NO2 is 1. The van der Waals surface area contributed by atoms with E-state index in [9.17, 15) is 9.30 Å². The maximum absolute atomic E-state index is 13.9. The van der Waals surface area contributed by atoms with Crippen molar-refractivity contribution in [1.29, 1.82) is 0 Å². The van der Waals surface area contributed by atoms with E-state index in [2.05, 4.69) is 21.1 Å². The molecule has 0 heterocycles. The van der Waals surface area contributed by atoms with Crippen molar-refractivity contribution < 1.29 is 4.39 Å². The van der Waals surface area contributed by atoms with Crippen molar-refractivity contribution in [3.05, 3.63) is 74.9 Å². The van der Waals surface area contributed by atoms with Crippen LogP contribution in [-0.4, -0.2) is 0 Å². The molecule has 0 bridgehead atoms. The molecule has 0 fully saturated rings. The van der Waals surface area contributed by atoms with Crippen molar-refractivity contribution in [3.8, 4) is 0 Å². The van der Waals surface area contributed by atoms with Gasteiger partial charge < -0.3 is 0 Å². The Morgan fingerprint density at radius 2 is 1.76 bits per heavy atom. The molecule has 2 nitrogen and oxygen atoms in total. The normalized spacial score (nSPS) is 12.1. The number of rotatable bonds is 3. The van der Waals surface area contributed by atoms with E-state index in [-0.39, 0.29) is 5.56 Å². The molecule has 1 unspecified atom stereocenters. The van der Waals surface area contributed by atoms with E-state index in [0.29, 0.717) is 10.0 Å². The Labute approximate surface area is 107 Å². The van der Waals surface area contributed by atoms with Crippen molar-refractivity contribution in [3.63, 3.8) is 0 Å². The second kappa shape index (κ2) is 5.19. The lowest BCUT2D eigenvalue weighted by Crippen LogP contribution is -2.00. The molecule has 2 aromatic rings. The van der Waals surface area contributed by atoms with E-state index in [1.54, 1.807) is 42.5 Å². The second-order valence-electron chi connectivity index (χ2n) is 3.56. The molecule has 17 heavy (non-hydrogen) atoms. The summed E-state index contributed by atoms with van der Waals surface area (Å²) in [4.78, 5) is 10.9. The van der Waals surface area contributed by atoms with Gasteiger partial charge in [-0.15, -0.1) is 4.91 Å². The fraction of sp³-hybridized carbons (Fsp3) is 0.0769. The summed E-state index contributed by atoms with van der Waals surface area (Å²) in [7, 11) is 0. The molecule has 0 saturated heterocycles. The molecule has 0 saturated carbocycles. The van der Waals surface area contributed by atoms with Gasteiger partial charge in [0.2, 0.25) is 0 Å². The fourth-order valence-corrected chi connectivity index (χ4v) is 2.05. The maximum atomic E-state index is 13.9. The first-order valence-electron chi connectivity index (χ1n) is 5.05. The predicted octanol–water partition coefficient (Wildman–Crippen LogP) is 4.44. The summed E-state index contributed by atoms with van der Waals surface area (Å²) in [6.07, 6.45) is 0. The molecule has 0 aliphatic heterocycles. The summed E-state index contributed by atoms with van der Waals surface area (Å²) in [6, 6.07) is 13.0. The third-order valence-electron chi connectivity index (χ3n) is 2.50. The molecule has 0 amide bonds. The van der Waals surface area contributed by atoms with Gasteiger partial charge >= 0.3 is 0 Å². The van der Waals surface area contributed by atoms with E-state index < -0.39 is 11.9 Å². The minimum atomic E-state index is -0.811. The van der Waals surface area contributed by atoms with Gasteiger partial charge in [-0.25, -0.2) is 4.39 Å². The Morgan fingerprint density at radius 1 is 1.06 bits per heavy atom. The molecule has 0 aromatic heterocycles. The molecule has 1 atom stereocenters. The van der Waals surface area contributed by atoms with Crippen molar-refractivity contribution in [2.45, 2.75) is 6.04 Å². The number of benzene rings is 2. The highest BCUT2D eigenvalue weighted by molar-refractivity contribution is 9.10. The lowest BCUT2D eigenvalue weighted by atomic mass is 9.99. The SMILES string of the molecule is O=NC(c1ccccc1)c1cccc(Br)c1F. The van der Waals surface area contributed by atoms with Crippen LogP contribution in [-0.2, 0) is 0 Å². The quantitative estimate of drug-likeness (QED) is 0.769. The molecule has 86 valence electrons. The fourth-order valence-electron chi connectivity index (χ4n) is 1.66. The van der Waals surface area contributed by atoms with Gasteiger partial charge in [0.05, 0.1) is 4.47 Å². The van der Waals surface area contributed by atoms with E-state index >= 15 is 0 Å². The maximum Gasteiger partial charge on any atom is 0.145 e. The number of halogens is 2. The van der Waals surface area contributed by atoms with E-state index in [1.807, 2.05) is 6.07 Å². The lowest BCUT2D eigenvalue weighted by molar-refractivity contribution is 0.593. The summed E-state index contributed by atoms with van der Waals surface area (Å²) in [5, 5.41) is 3.02. The topological polar surface area (TPSA) is 29.4 Å². The van der Waals surface area contributed by atoms with Crippen LogP contribution in [0.1, 0.15) is 17.2 Å². The van der Waals surface area contributed by atoms with Crippen molar-refractivity contribution >= 4 is 15.9 Å². The van der Waals surface area contributed by atoms with Crippen molar-refractivity contribution in [2.75, 3.05) is 0 Å². The van der Waals surface area contributed by atoms with Crippen LogP contribution in [0.2, 0.25) is 0 Å². The predicted molar refractivity (Wildman–Crippen MR) is 68.2 cm³/mol. The average Bonchev–Trinajstić information content (AvgIpc) is 2.37. The van der Waals surface area contributed by atoms with Crippen LogP contribution < -0.4 is 0 Å². The third kappa shape index (κ3) is 2.42. The highest BCUT2D eigenvalue weighted by atomic mass is 79.9. The monoisotopic (exact) mass is 293 g/mol. The van der Waals surface area contributed by atoms with Gasteiger partial charge in [-0.05, 0) is 27.6 Å². The molecular weight excluding hydrogens is 285 g/mol. The molecule has 0 aliphatic rings. The zero-order valence-corrected chi connectivity index (χ0v) is 10.4. The zero-order valence-electron chi connectivity index (χ0n) is 8.81. The first-order valence-corrected chi connectivity index (χ1v) is 5.84. The number of hydrogen-bond donors (Lipinski definition) is 0. The van der Waals surface area contributed by atoms with E-state index in [0.717, 1.165) is 0 Å². The lowest BCUT2D eigenvalue weighted by Gasteiger charge is -2.11. The van der Waals surface area contributed by atoms with Crippen LogP contribution in [0.25, 0.3) is 0 Å². The summed E-state index contributed by atoms with van der Waals surface area (Å²) < 4.78 is 14.2. The summed E-state index contributed by atoms with van der Waals surface area (Å²) in [5.74, 6) is -0.444. The van der Waals surface area contributed by atoms with Gasteiger partial charge in [-0.2, -0.15) is 0 Å². The van der Waals surface area contributed by atoms with Crippen LogP contribution in [0.15, 0.2) is 58.2 Å². The van der Waals surface area contributed by atoms with Crippen LogP contribution in [0.4, 0.5) is 4.39 Å². The molecular formula is C13H9BrFNO. The van der Waals surface area contributed by atoms with Gasteiger partial charge in [-0.1, -0.05) is 47.6 Å². The molecule has 2 rings (SSSR count). The standard InChI is InChI=1S/C13H9BrFNO/c14-11-8-4-7-10(12(11)15)13(16-17)9-5-2-1-3-6-9/h1-8,13H. The first-order chi connectivity index (χ1) is 8.24. The van der Waals surface area contributed by atoms with Gasteiger partial charge in [0.25, 0.3) is 0 Å². The Morgan fingerprint density at radius 3 is 2.41 bits per heavy atom. The molecule has 0 radical (unpaired) electrons. The minimum Gasteiger partial charge on any atom is -0.205 e. The number of nitrogens with zero attached hydrogens (tertiary/aromatic N) is 1. The van der Waals surface area contributed by atoms with E-state index in [4.69, 9.17) is 0 Å². The number of hydrogen-bond acceptors (Lipinski definition) is 2. The minimum absolute atomic E-state index is 0.278. The highest BCUT2D eigenvalue weighted by Gasteiger charge is 2.19. The Hall–Kier alpha value is -1.55. The first kappa shape index (κ1) is 11.9. The van der Waals surface area contributed by atoms with Gasteiger partial charge in [0, 0.05) is 5.56 Å². The van der Waals surface area contributed by atoms with Crippen molar-refractivity contribution in [1.82, 2.24) is 0 Å². The summed E-state index contributed by atoms with van der Waals surface area (Å²) in [6.45, 7) is 0. The summed E-state index contributed by atoms with van der Waals surface area (Å²) >= 11 is 3.10. The van der Waals surface area contributed by atoms with Crippen LogP contribution >= 0.6 is 15.9 Å². The molecule has 0 N–H and O–H groups in total. The Balaban J connectivity index is 2.50. The van der Waals surface area contributed by atoms with Crippen LogP contribution in [0.5, 0.6) is 0 Å². The van der Waals surface area contributed by atoms with Crippen LogP contribution in [0.3, 0.4) is 0 Å². The van der Waals surface area contributed by atoms with Crippen LogP contribution in [0, 0.1) is 10.7 Å².